The van der Waals surface area contributed by atoms with Crippen LogP contribution in [0.2, 0.25) is 0 Å². The Balaban J connectivity index is 2.01. The summed E-state index contributed by atoms with van der Waals surface area (Å²) in [4.78, 5) is 28.7. The van der Waals surface area contributed by atoms with E-state index in [1.165, 1.54) is 22.8 Å². The SMILES string of the molecule is CCCc1nc2s/c(=C\c3ccc(OC(C)=O)c(OCC)c3)c(=O)n2n1. The maximum Gasteiger partial charge on any atom is 0.308 e. The zero-order valence-corrected chi connectivity index (χ0v) is 15.6. The maximum absolute atomic E-state index is 12.5. The molecule has 0 aliphatic heterocycles. The monoisotopic (exact) mass is 373 g/mol. The van der Waals surface area contributed by atoms with Gasteiger partial charge in [0.15, 0.2) is 17.3 Å². The zero-order valence-electron chi connectivity index (χ0n) is 14.8. The van der Waals surface area contributed by atoms with Gasteiger partial charge in [0, 0.05) is 13.3 Å². The molecule has 26 heavy (non-hydrogen) atoms. The number of hydrogen-bond donors (Lipinski definition) is 0. The van der Waals surface area contributed by atoms with Gasteiger partial charge in [-0.3, -0.25) is 9.59 Å². The molecule has 0 radical (unpaired) electrons. The van der Waals surface area contributed by atoms with Crippen molar-refractivity contribution >= 4 is 28.3 Å². The zero-order chi connectivity index (χ0) is 18.7. The molecule has 0 fully saturated rings. The standard InChI is InChI=1S/C18H19N3O4S/c1-4-6-16-19-18-21(20-16)17(23)15(26-18)10-12-7-8-13(25-11(3)22)14(9-12)24-5-2/h7-10H,4-6H2,1-3H3/b15-10-. The van der Waals surface area contributed by atoms with Gasteiger partial charge >= 0.3 is 5.97 Å². The quantitative estimate of drug-likeness (QED) is 0.485. The van der Waals surface area contributed by atoms with Crippen LogP contribution >= 0.6 is 11.3 Å². The molecule has 0 amide bonds. The summed E-state index contributed by atoms with van der Waals surface area (Å²) < 4.78 is 12.5. The molecule has 0 N–H and O–H groups in total. The molecule has 8 heteroatoms. The summed E-state index contributed by atoms with van der Waals surface area (Å²) in [6, 6.07) is 5.15. The van der Waals surface area contributed by atoms with Crippen molar-refractivity contribution in [2.75, 3.05) is 6.61 Å². The predicted octanol–water partition coefficient (Wildman–Crippen LogP) is 1.98. The predicted molar refractivity (Wildman–Crippen MR) is 98.8 cm³/mol. The van der Waals surface area contributed by atoms with Crippen molar-refractivity contribution in [2.24, 2.45) is 0 Å². The van der Waals surface area contributed by atoms with Gasteiger partial charge in [-0.2, -0.15) is 4.52 Å². The number of fused-ring (bicyclic) bond motifs is 1. The number of ether oxygens (including phenoxy) is 2. The van der Waals surface area contributed by atoms with Crippen LogP contribution in [-0.2, 0) is 11.2 Å². The maximum atomic E-state index is 12.5. The molecule has 0 aliphatic rings. The summed E-state index contributed by atoms with van der Waals surface area (Å²) in [6.45, 7) is 5.65. The molecule has 0 spiro atoms. The van der Waals surface area contributed by atoms with Gasteiger partial charge in [0.2, 0.25) is 4.96 Å². The Labute approximate surface area is 153 Å². The molecule has 136 valence electrons. The van der Waals surface area contributed by atoms with Gasteiger partial charge in [-0.1, -0.05) is 24.3 Å². The van der Waals surface area contributed by atoms with E-state index in [0.29, 0.717) is 33.4 Å². The van der Waals surface area contributed by atoms with Crippen LogP contribution in [0.15, 0.2) is 23.0 Å². The van der Waals surface area contributed by atoms with Crippen LogP contribution in [0.3, 0.4) is 0 Å². The van der Waals surface area contributed by atoms with Crippen LogP contribution in [0.5, 0.6) is 11.5 Å². The Morgan fingerprint density at radius 3 is 2.77 bits per heavy atom. The van der Waals surface area contributed by atoms with Crippen molar-refractivity contribution in [2.45, 2.75) is 33.6 Å². The van der Waals surface area contributed by atoms with Crippen LogP contribution in [0.1, 0.15) is 38.6 Å². The fourth-order valence-corrected chi connectivity index (χ4v) is 3.40. The highest BCUT2D eigenvalue weighted by Crippen LogP contribution is 2.29. The minimum atomic E-state index is -0.419. The van der Waals surface area contributed by atoms with E-state index in [2.05, 4.69) is 10.1 Å². The average Bonchev–Trinajstić information content (AvgIpc) is 3.10. The third-order valence-electron chi connectivity index (χ3n) is 3.52. The molecule has 0 saturated carbocycles. The van der Waals surface area contributed by atoms with Gasteiger partial charge in [-0.05, 0) is 37.1 Å². The molecule has 0 unspecified atom stereocenters. The summed E-state index contributed by atoms with van der Waals surface area (Å²) in [5.74, 6) is 1.07. The van der Waals surface area contributed by atoms with Gasteiger partial charge < -0.3 is 9.47 Å². The van der Waals surface area contributed by atoms with Gasteiger partial charge in [0.25, 0.3) is 5.56 Å². The second-order valence-corrected chi connectivity index (χ2v) is 6.63. The number of carbonyl (C=O) groups is 1. The van der Waals surface area contributed by atoms with E-state index in [4.69, 9.17) is 9.47 Å². The van der Waals surface area contributed by atoms with Crippen molar-refractivity contribution in [3.63, 3.8) is 0 Å². The second-order valence-electron chi connectivity index (χ2n) is 5.62. The molecule has 0 saturated heterocycles. The highest BCUT2D eigenvalue weighted by molar-refractivity contribution is 7.15. The summed E-state index contributed by atoms with van der Waals surface area (Å²) >= 11 is 1.29. The molecule has 0 bridgehead atoms. The Morgan fingerprint density at radius 1 is 1.31 bits per heavy atom. The number of aryl methyl sites for hydroxylation is 1. The van der Waals surface area contributed by atoms with E-state index in [1.807, 2.05) is 13.8 Å². The Bertz CT molecular complexity index is 1050. The second kappa shape index (κ2) is 7.65. The molecule has 2 aromatic heterocycles. The van der Waals surface area contributed by atoms with E-state index in [1.54, 1.807) is 24.3 Å². The number of hydrogen-bond acceptors (Lipinski definition) is 7. The largest absolute Gasteiger partial charge is 0.490 e. The normalized spacial score (nSPS) is 11.9. The van der Waals surface area contributed by atoms with Crippen molar-refractivity contribution in [3.8, 4) is 11.5 Å². The lowest BCUT2D eigenvalue weighted by Gasteiger charge is -2.10. The first-order valence-electron chi connectivity index (χ1n) is 8.37. The smallest absolute Gasteiger partial charge is 0.308 e. The third-order valence-corrected chi connectivity index (χ3v) is 4.48. The number of nitrogens with zero attached hydrogens (tertiary/aromatic N) is 3. The topological polar surface area (TPSA) is 82.8 Å². The fourth-order valence-electron chi connectivity index (χ4n) is 2.48. The molecular formula is C18H19N3O4S. The first-order valence-corrected chi connectivity index (χ1v) is 9.19. The van der Waals surface area contributed by atoms with E-state index in [9.17, 15) is 9.59 Å². The third kappa shape index (κ3) is 3.75. The highest BCUT2D eigenvalue weighted by Gasteiger charge is 2.11. The van der Waals surface area contributed by atoms with Gasteiger partial charge in [0.1, 0.15) is 0 Å². The average molecular weight is 373 g/mol. The molecule has 7 nitrogen and oxygen atoms in total. The number of esters is 1. The summed E-state index contributed by atoms with van der Waals surface area (Å²) in [5, 5.41) is 4.26. The minimum absolute atomic E-state index is 0.193. The molecular weight excluding hydrogens is 354 g/mol. The van der Waals surface area contributed by atoms with Crippen molar-refractivity contribution in [3.05, 3.63) is 44.5 Å². The molecule has 3 aromatic rings. The molecule has 1 aromatic carbocycles. The van der Waals surface area contributed by atoms with E-state index >= 15 is 0 Å². The van der Waals surface area contributed by atoms with Crippen molar-refractivity contribution in [1.82, 2.24) is 14.6 Å². The van der Waals surface area contributed by atoms with Gasteiger partial charge in [-0.15, -0.1) is 5.10 Å². The summed E-state index contributed by atoms with van der Waals surface area (Å²) in [6.07, 6.45) is 3.44. The Kier molecular flexibility index (Phi) is 5.32. The van der Waals surface area contributed by atoms with Crippen LogP contribution in [-0.4, -0.2) is 27.2 Å². The summed E-state index contributed by atoms with van der Waals surface area (Å²) in [5.41, 5.74) is 0.571. The lowest BCUT2D eigenvalue weighted by molar-refractivity contribution is -0.132. The first kappa shape index (κ1) is 18.1. The first-order chi connectivity index (χ1) is 12.5. The Hall–Kier alpha value is -2.74. The fraction of sp³-hybridized carbons (Fsp3) is 0.333. The molecule has 0 aliphatic carbocycles. The number of thiazole rings is 1. The summed E-state index contributed by atoms with van der Waals surface area (Å²) in [7, 11) is 0. The van der Waals surface area contributed by atoms with Crippen molar-refractivity contribution in [1.29, 1.82) is 0 Å². The van der Waals surface area contributed by atoms with Crippen LogP contribution in [0.4, 0.5) is 0 Å². The lowest BCUT2D eigenvalue weighted by atomic mass is 10.2. The highest BCUT2D eigenvalue weighted by atomic mass is 32.1. The minimum Gasteiger partial charge on any atom is -0.490 e. The van der Waals surface area contributed by atoms with E-state index in [0.717, 1.165) is 18.4 Å². The molecule has 0 atom stereocenters. The van der Waals surface area contributed by atoms with Gasteiger partial charge in [-0.25, -0.2) is 4.98 Å². The molecule has 3 rings (SSSR count). The van der Waals surface area contributed by atoms with E-state index < -0.39 is 5.97 Å². The number of aromatic nitrogens is 3. The lowest BCUT2D eigenvalue weighted by Crippen LogP contribution is -2.23. The van der Waals surface area contributed by atoms with Crippen LogP contribution in [0, 0.1) is 0 Å². The van der Waals surface area contributed by atoms with Crippen LogP contribution in [0.25, 0.3) is 11.0 Å². The van der Waals surface area contributed by atoms with Crippen molar-refractivity contribution < 1.29 is 14.3 Å². The van der Waals surface area contributed by atoms with Crippen LogP contribution < -0.4 is 19.6 Å². The van der Waals surface area contributed by atoms with Gasteiger partial charge in [0.05, 0.1) is 11.1 Å². The van der Waals surface area contributed by atoms with E-state index in [-0.39, 0.29) is 5.56 Å². The number of carbonyl (C=O) groups excluding carboxylic acids is 1. The number of rotatable bonds is 6. The Morgan fingerprint density at radius 2 is 2.12 bits per heavy atom. The molecule has 2 heterocycles. The number of benzene rings is 1.